The number of rotatable bonds is 52. The van der Waals surface area contributed by atoms with Crippen molar-refractivity contribution in [2.24, 2.45) is 35.5 Å². The summed E-state index contributed by atoms with van der Waals surface area (Å²) in [7, 11) is 3.41. The van der Waals surface area contributed by atoms with Gasteiger partial charge < -0.3 is 59.9 Å². The second-order valence-electron chi connectivity index (χ2n) is 31.3. The van der Waals surface area contributed by atoms with E-state index in [4.69, 9.17) is 28.4 Å². The first-order chi connectivity index (χ1) is 49.6. The van der Waals surface area contributed by atoms with Crippen molar-refractivity contribution in [1.29, 1.82) is 0 Å². The summed E-state index contributed by atoms with van der Waals surface area (Å²) in [5.41, 5.74) is -0.831. The van der Waals surface area contributed by atoms with Crippen LogP contribution in [0.5, 0.6) is 11.5 Å². The molecular weight excluding hydrogens is 1410 g/mol. The summed E-state index contributed by atoms with van der Waals surface area (Å²) in [5, 5.41) is 32.6. The predicted octanol–water partition coefficient (Wildman–Crippen LogP) is 11.6. The average Bonchev–Trinajstić information content (AvgIpc) is 0.851. The van der Waals surface area contributed by atoms with Crippen molar-refractivity contribution in [2.75, 3.05) is 63.2 Å². The normalized spacial score (nSPS) is 15.2. The van der Waals surface area contributed by atoms with Crippen molar-refractivity contribution in [3.8, 4) is 11.5 Å². The summed E-state index contributed by atoms with van der Waals surface area (Å²) in [6.45, 7) is 30.1. The number of ketones is 5. The van der Waals surface area contributed by atoms with E-state index in [1.54, 1.807) is 156 Å². The Bertz CT molecular complexity index is 3220. The van der Waals surface area contributed by atoms with Gasteiger partial charge in [-0.15, -0.1) is 0 Å². The van der Waals surface area contributed by atoms with E-state index in [1.807, 2.05) is 61.6 Å². The van der Waals surface area contributed by atoms with Crippen molar-refractivity contribution in [3.05, 3.63) is 95.6 Å². The number of amides is 4. The highest BCUT2D eigenvalue weighted by Gasteiger charge is 2.39. The highest BCUT2D eigenvalue weighted by Crippen LogP contribution is 2.28. The standard InChI is InChI=1S/C81H124N4O18S3/c1-19-52(3)72(69(90)44-58(77(96)97)36-40-104-18)84-74(93)59(41-55-25-22-21-23-26-55)45-67(88)65(43-57-30-34-63(35-31-57)103-81(15,16)17)83-75(94)60(48-86)46-70(91)73(54(5)101-79(9,10)11)85-76(95)61(49-100-78(6,7)8)47-68(89)64(42-56-28-32-62(33-29-56)102-80(12,13)14)82-71(92)50-99-39-38-98-37-24-27-66(87)53(4)51-106-105-20-2/h21-23,25-26,28-35,52-54,58-61,64-65,72-73,86H,19-20,24,27,36-51H2,1-18H3,(H,82,92)(H,83,94)(H,84,93)(H,85,95)(H,96,97)/t52?,53-,54?,58+,59+,60-,61-,64-,65-,72-,73-/m0/s1. The van der Waals surface area contributed by atoms with Gasteiger partial charge in [0, 0.05) is 62.1 Å². The van der Waals surface area contributed by atoms with Crippen LogP contribution < -0.4 is 30.7 Å². The van der Waals surface area contributed by atoms with Crippen molar-refractivity contribution >= 4 is 91.9 Å². The third-order valence-electron chi connectivity index (χ3n) is 17.1. The molecule has 0 spiro atoms. The highest BCUT2D eigenvalue weighted by atomic mass is 33.1. The smallest absolute Gasteiger partial charge is 0.306 e. The van der Waals surface area contributed by atoms with Gasteiger partial charge in [0.05, 0.1) is 79.6 Å². The molecule has 594 valence electrons. The number of Topliss-reactive ketones (excluding diaryl/α,β-unsaturated/α-hetero) is 5. The van der Waals surface area contributed by atoms with Crippen LogP contribution in [-0.2, 0) is 86.2 Å². The molecule has 106 heavy (non-hydrogen) atoms. The minimum Gasteiger partial charge on any atom is -0.488 e. The van der Waals surface area contributed by atoms with Crippen LogP contribution in [0.2, 0.25) is 0 Å². The van der Waals surface area contributed by atoms with Gasteiger partial charge >= 0.3 is 5.97 Å². The lowest BCUT2D eigenvalue weighted by molar-refractivity contribution is -0.144. The number of thioether (sulfide) groups is 1. The number of hydrogen-bond acceptors (Lipinski definition) is 20. The van der Waals surface area contributed by atoms with Gasteiger partial charge in [-0.1, -0.05) is 110 Å². The first-order valence-electron chi connectivity index (χ1n) is 37.1. The predicted molar refractivity (Wildman–Crippen MR) is 420 cm³/mol. The van der Waals surface area contributed by atoms with Gasteiger partial charge in [-0.05, 0) is 181 Å². The van der Waals surface area contributed by atoms with Crippen LogP contribution in [0.4, 0.5) is 0 Å². The summed E-state index contributed by atoms with van der Waals surface area (Å²) in [6, 6.07) is 17.8. The van der Waals surface area contributed by atoms with E-state index >= 15 is 14.4 Å². The summed E-state index contributed by atoms with van der Waals surface area (Å²) in [5.74, 6) is -8.21. The average molecular weight is 1540 g/mol. The fourth-order valence-corrected chi connectivity index (χ4v) is 13.9. The Labute approximate surface area is 642 Å². The van der Waals surface area contributed by atoms with Gasteiger partial charge in [0.2, 0.25) is 23.6 Å². The number of aliphatic carboxylic acids is 1. The summed E-state index contributed by atoms with van der Waals surface area (Å²) < 4.78 is 36.0. The first kappa shape index (κ1) is 94.0. The van der Waals surface area contributed by atoms with Crippen LogP contribution in [-0.4, -0.2) is 185 Å². The molecule has 0 radical (unpaired) electrons. The minimum absolute atomic E-state index is 0.0000180. The maximum absolute atomic E-state index is 15.2. The third kappa shape index (κ3) is 38.2. The Hall–Kier alpha value is -6.19. The molecule has 2 unspecified atom stereocenters. The lowest BCUT2D eigenvalue weighted by Gasteiger charge is -2.33. The Morgan fingerprint density at radius 1 is 0.509 bits per heavy atom. The molecule has 3 aromatic rings. The number of nitrogens with one attached hydrogen (secondary N) is 4. The highest BCUT2D eigenvalue weighted by molar-refractivity contribution is 8.76. The van der Waals surface area contributed by atoms with E-state index in [1.165, 1.54) is 11.8 Å². The monoisotopic (exact) mass is 1540 g/mol. The van der Waals surface area contributed by atoms with Crippen LogP contribution in [0, 0.1) is 35.5 Å². The molecule has 4 amide bonds. The van der Waals surface area contributed by atoms with Gasteiger partial charge in [-0.2, -0.15) is 11.8 Å². The third-order valence-corrected chi connectivity index (χ3v) is 20.4. The number of ether oxygens (including phenoxy) is 6. The van der Waals surface area contributed by atoms with E-state index in [-0.39, 0.29) is 63.6 Å². The van der Waals surface area contributed by atoms with Gasteiger partial charge in [0.15, 0.2) is 23.1 Å². The molecule has 3 aromatic carbocycles. The van der Waals surface area contributed by atoms with E-state index in [0.717, 1.165) is 11.5 Å². The largest absolute Gasteiger partial charge is 0.488 e. The number of aliphatic hydroxyl groups is 1. The van der Waals surface area contributed by atoms with Crippen LogP contribution in [0.3, 0.4) is 0 Å². The SMILES string of the molecule is CCSSC[C@H](C)C(=O)CCCOCCOCC(=O)N[C@@H](Cc1ccc(OC(C)(C)C)cc1)C(=O)C[C@@H](COC(C)(C)C)C(=O)N[C@H](C(=O)C[C@@H](CO)C(=O)N[C@@H](Cc1ccc(OC(C)(C)C)cc1)C(=O)C[C@@H](Cc1ccccc1)C(=O)N[C@H](C(=O)C[C@@H](CCSC)C(=O)O)C(C)CC)C(C)OC(C)(C)C. The second-order valence-corrected chi connectivity index (χ2v) is 35.1. The molecule has 0 bridgehead atoms. The topological polar surface area (TPSA) is 315 Å². The zero-order valence-corrected chi connectivity index (χ0v) is 68.6. The molecular formula is C81H124N4O18S3. The molecule has 0 saturated heterocycles. The van der Waals surface area contributed by atoms with E-state index < -0.39 is 167 Å². The van der Waals surface area contributed by atoms with E-state index in [9.17, 15) is 43.8 Å². The van der Waals surface area contributed by atoms with E-state index in [0.29, 0.717) is 59.8 Å². The lowest BCUT2D eigenvalue weighted by atomic mass is 9.86. The quantitative estimate of drug-likeness (QED) is 0.0226. The van der Waals surface area contributed by atoms with Crippen molar-refractivity contribution < 1.29 is 86.6 Å². The van der Waals surface area contributed by atoms with Gasteiger partial charge in [0.25, 0.3) is 0 Å². The van der Waals surface area contributed by atoms with Gasteiger partial charge in [-0.3, -0.25) is 47.9 Å². The maximum Gasteiger partial charge on any atom is 0.306 e. The van der Waals surface area contributed by atoms with Gasteiger partial charge in [-0.25, -0.2) is 0 Å². The van der Waals surface area contributed by atoms with E-state index in [2.05, 4.69) is 28.2 Å². The maximum atomic E-state index is 15.2. The Kier molecular flexibility index (Phi) is 41.7. The molecule has 0 aliphatic heterocycles. The lowest BCUT2D eigenvalue weighted by Crippen LogP contribution is -2.54. The van der Waals surface area contributed by atoms with Crippen LogP contribution >= 0.6 is 33.3 Å². The molecule has 0 aliphatic carbocycles. The second kappa shape index (κ2) is 47.0. The fraction of sp³-hybridized carbons (Fsp3) is 0.654. The summed E-state index contributed by atoms with van der Waals surface area (Å²) >= 11 is 1.46. The van der Waals surface area contributed by atoms with Crippen molar-refractivity contribution in [2.45, 2.75) is 241 Å². The minimum atomic E-state index is -1.52. The van der Waals surface area contributed by atoms with Crippen LogP contribution in [0.15, 0.2) is 78.9 Å². The van der Waals surface area contributed by atoms with Crippen molar-refractivity contribution in [1.82, 2.24) is 21.3 Å². The Morgan fingerprint density at radius 2 is 1.00 bits per heavy atom. The van der Waals surface area contributed by atoms with Gasteiger partial charge in [0.1, 0.15) is 41.1 Å². The zero-order valence-electron chi connectivity index (χ0n) is 66.1. The molecule has 0 saturated carbocycles. The number of carbonyl (C=O) groups is 10. The van der Waals surface area contributed by atoms with Crippen molar-refractivity contribution in [3.63, 3.8) is 0 Å². The molecule has 3 rings (SSSR count). The number of benzene rings is 3. The fourth-order valence-electron chi connectivity index (χ4n) is 11.3. The number of carbonyl (C=O) groups excluding carboxylic acids is 9. The summed E-state index contributed by atoms with van der Waals surface area (Å²) in [6.07, 6.45) is 0.393. The first-order valence-corrected chi connectivity index (χ1v) is 41.0. The number of carboxylic acids is 1. The molecule has 6 N–H and O–H groups in total. The Morgan fingerprint density at radius 3 is 1.51 bits per heavy atom. The molecule has 22 nitrogen and oxygen atoms in total. The number of hydrogen-bond donors (Lipinski definition) is 6. The molecule has 0 aliphatic rings. The molecule has 25 heteroatoms. The molecule has 0 heterocycles. The molecule has 0 fully saturated rings. The summed E-state index contributed by atoms with van der Waals surface area (Å²) in [4.78, 5) is 143. The molecule has 11 atom stereocenters. The molecule has 0 aromatic heterocycles. The zero-order chi connectivity index (χ0) is 79.5. The van der Waals surface area contributed by atoms with Crippen LogP contribution in [0.25, 0.3) is 0 Å². The Balaban J connectivity index is 2.03. The number of aliphatic hydroxyl groups excluding tert-OH is 1. The number of carboxylic acid groups (broad SMARTS) is 1. The van der Waals surface area contributed by atoms with Crippen LogP contribution in [0.1, 0.15) is 186 Å².